The highest BCUT2D eigenvalue weighted by molar-refractivity contribution is 7.09. The van der Waals surface area contributed by atoms with Crippen LogP contribution < -0.4 is 10.1 Å². The van der Waals surface area contributed by atoms with Gasteiger partial charge in [-0.15, -0.1) is 0 Å². The molecule has 0 atom stereocenters. The third-order valence-corrected chi connectivity index (χ3v) is 3.26. The van der Waals surface area contributed by atoms with Crippen molar-refractivity contribution in [2.24, 2.45) is 0 Å². The largest absolute Gasteiger partial charge is 0.555 e. The van der Waals surface area contributed by atoms with Crippen LogP contribution in [0.3, 0.4) is 0 Å². The summed E-state index contributed by atoms with van der Waals surface area (Å²) in [5, 5.41) is 4.26. The fourth-order valence-corrected chi connectivity index (χ4v) is 2.53. The molecule has 1 aromatic heterocycles. The minimum Gasteiger partial charge on any atom is -0.555 e. The monoisotopic (exact) mass is 200 g/mol. The molecule has 0 bridgehead atoms. The van der Waals surface area contributed by atoms with E-state index in [2.05, 4.69) is 29.0 Å². The number of thiophene rings is 1. The van der Waals surface area contributed by atoms with Gasteiger partial charge in [0.05, 0.1) is 0 Å². The molecule has 1 aliphatic rings. The molecule has 1 aromatic carbocycles. The van der Waals surface area contributed by atoms with Crippen molar-refractivity contribution in [1.82, 2.24) is 0 Å². The van der Waals surface area contributed by atoms with Crippen LogP contribution in [-0.4, -0.2) is 6.92 Å². The summed E-state index contributed by atoms with van der Waals surface area (Å²) in [6.07, 6.45) is 1.01. The maximum absolute atomic E-state index is 5.86. The van der Waals surface area contributed by atoms with Gasteiger partial charge in [0.1, 0.15) is 5.75 Å². The Balaban J connectivity index is 1.92. The normalized spacial score (nSPS) is 13.9. The minimum atomic E-state index is 0.235. The predicted octanol–water partition coefficient (Wildman–Crippen LogP) is 2.12. The van der Waals surface area contributed by atoms with Crippen molar-refractivity contribution < 1.29 is 4.65 Å². The summed E-state index contributed by atoms with van der Waals surface area (Å²) in [4.78, 5) is 0. The van der Waals surface area contributed by atoms with Crippen molar-refractivity contribution in [3.8, 4) is 5.75 Å². The quantitative estimate of drug-likeness (QED) is 0.640. The zero-order chi connectivity index (χ0) is 9.38. The van der Waals surface area contributed by atoms with Gasteiger partial charge in [-0.2, -0.15) is 11.3 Å². The number of fused-ring (bicyclic) bond motifs is 1. The third kappa shape index (κ3) is 1.25. The smallest absolute Gasteiger partial charge is 0.397 e. The molecule has 1 nitrogen and oxygen atoms in total. The Bertz CT molecular complexity index is 413. The summed E-state index contributed by atoms with van der Waals surface area (Å²) >= 11 is 1.73. The molecule has 0 amide bonds. The van der Waals surface area contributed by atoms with Gasteiger partial charge in [0.2, 0.25) is 0 Å². The highest BCUT2D eigenvalue weighted by Crippen LogP contribution is 2.26. The minimum absolute atomic E-state index is 0.235. The Hall–Kier alpha value is -1.22. The van der Waals surface area contributed by atoms with Crippen LogP contribution in [0.1, 0.15) is 5.56 Å². The van der Waals surface area contributed by atoms with Crippen molar-refractivity contribution in [1.29, 1.82) is 0 Å². The topological polar surface area (TPSA) is 9.23 Å². The molecule has 0 saturated carbocycles. The molecular weight excluding hydrogens is 191 g/mol. The summed E-state index contributed by atoms with van der Waals surface area (Å²) in [5.74, 6) is 1.05. The molecule has 3 heteroatoms. The Labute approximate surface area is 87.5 Å². The first kappa shape index (κ1) is 8.12. The molecule has 0 fully saturated rings. The Morgan fingerprint density at radius 2 is 2.14 bits per heavy atom. The first-order valence-corrected chi connectivity index (χ1v) is 5.64. The Morgan fingerprint density at radius 1 is 1.21 bits per heavy atom. The zero-order valence-corrected chi connectivity index (χ0v) is 8.46. The van der Waals surface area contributed by atoms with Gasteiger partial charge in [0.25, 0.3) is 0 Å². The van der Waals surface area contributed by atoms with Crippen molar-refractivity contribution in [2.45, 2.75) is 6.32 Å². The predicted molar refractivity (Wildman–Crippen MR) is 60.5 cm³/mol. The lowest BCUT2D eigenvalue weighted by atomic mass is 9.59. The van der Waals surface area contributed by atoms with E-state index >= 15 is 0 Å². The first-order chi connectivity index (χ1) is 6.93. The number of hydrogen-bond donors (Lipinski definition) is 0. The van der Waals surface area contributed by atoms with Crippen molar-refractivity contribution in [2.75, 3.05) is 0 Å². The Kier molecular flexibility index (Phi) is 1.84. The Morgan fingerprint density at radius 3 is 2.93 bits per heavy atom. The van der Waals surface area contributed by atoms with Crippen LogP contribution in [0.5, 0.6) is 5.75 Å². The van der Waals surface area contributed by atoms with Crippen LogP contribution in [0.15, 0.2) is 41.1 Å². The molecule has 1 aliphatic heterocycles. The van der Waals surface area contributed by atoms with E-state index in [1.807, 2.05) is 12.1 Å². The van der Waals surface area contributed by atoms with E-state index in [0.717, 1.165) is 12.1 Å². The highest BCUT2D eigenvalue weighted by Gasteiger charge is 2.29. The van der Waals surface area contributed by atoms with Crippen LogP contribution in [0.4, 0.5) is 0 Å². The fourth-order valence-electron chi connectivity index (χ4n) is 1.83. The standard InChI is InChI=1S/C11H9BOS/c1-2-4-11-9(3-1)7-12(13-11)10-5-6-14-8-10/h1-6,8H,7H2. The molecule has 3 rings (SSSR count). The van der Waals surface area contributed by atoms with E-state index in [-0.39, 0.29) is 6.92 Å². The second kappa shape index (κ2) is 3.17. The van der Waals surface area contributed by atoms with Crippen LogP contribution in [-0.2, 0) is 6.32 Å². The van der Waals surface area contributed by atoms with E-state index in [4.69, 9.17) is 4.65 Å². The van der Waals surface area contributed by atoms with Gasteiger partial charge in [0, 0.05) is 0 Å². The van der Waals surface area contributed by atoms with E-state index in [9.17, 15) is 0 Å². The molecule has 0 aliphatic carbocycles. The maximum atomic E-state index is 5.86. The van der Waals surface area contributed by atoms with Crippen LogP contribution in [0.2, 0.25) is 0 Å². The molecule has 2 aromatic rings. The van der Waals surface area contributed by atoms with Gasteiger partial charge < -0.3 is 4.65 Å². The molecule has 0 saturated heterocycles. The number of para-hydroxylation sites is 1. The lowest BCUT2D eigenvalue weighted by Crippen LogP contribution is -2.33. The number of benzene rings is 1. The second-order valence-corrected chi connectivity index (χ2v) is 4.26. The zero-order valence-electron chi connectivity index (χ0n) is 7.64. The van der Waals surface area contributed by atoms with Crippen molar-refractivity contribution >= 4 is 23.7 Å². The molecular formula is C11H9BOS. The van der Waals surface area contributed by atoms with Crippen molar-refractivity contribution in [3.63, 3.8) is 0 Å². The SMILES string of the molecule is c1ccc2c(c1)CB(c1ccsc1)O2. The molecule has 68 valence electrons. The lowest BCUT2D eigenvalue weighted by Gasteiger charge is -2.03. The van der Waals surface area contributed by atoms with Gasteiger partial charge in [-0.25, -0.2) is 0 Å². The maximum Gasteiger partial charge on any atom is 0.397 e. The molecule has 14 heavy (non-hydrogen) atoms. The lowest BCUT2D eigenvalue weighted by molar-refractivity contribution is 0.601. The average molecular weight is 200 g/mol. The van der Waals surface area contributed by atoms with Gasteiger partial charge in [-0.3, -0.25) is 0 Å². The summed E-state index contributed by atoms with van der Waals surface area (Å²) in [6.45, 7) is 0.235. The van der Waals surface area contributed by atoms with Crippen molar-refractivity contribution in [3.05, 3.63) is 46.7 Å². The summed E-state index contributed by atoms with van der Waals surface area (Å²) in [5.41, 5.74) is 2.62. The van der Waals surface area contributed by atoms with Crippen LogP contribution >= 0.6 is 11.3 Å². The molecule has 0 radical (unpaired) electrons. The van der Waals surface area contributed by atoms with Gasteiger partial charge in [0.15, 0.2) is 0 Å². The number of hydrogen-bond acceptors (Lipinski definition) is 2. The average Bonchev–Trinajstić information content (AvgIpc) is 2.86. The van der Waals surface area contributed by atoms with E-state index in [0.29, 0.717) is 0 Å². The van der Waals surface area contributed by atoms with Gasteiger partial charge >= 0.3 is 6.92 Å². The molecule has 2 heterocycles. The summed E-state index contributed by atoms with van der Waals surface area (Å²) < 4.78 is 5.86. The molecule has 0 unspecified atom stereocenters. The third-order valence-electron chi connectivity index (χ3n) is 2.56. The summed E-state index contributed by atoms with van der Waals surface area (Å²) in [6, 6.07) is 10.4. The van der Waals surface area contributed by atoms with E-state index < -0.39 is 0 Å². The highest BCUT2D eigenvalue weighted by atomic mass is 32.1. The van der Waals surface area contributed by atoms with E-state index in [1.165, 1.54) is 11.0 Å². The van der Waals surface area contributed by atoms with Crippen LogP contribution in [0, 0.1) is 0 Å². The fraction of sp³-hybridized carbons (Fsp3) is 0.0909. The molecule has 0 spiro atoms. The van der Waals surface area contributed by atoms with Gasteiger partial charge in [-0.1, -0.05) is 24.3 Å². The van der Waals surface area contributed by atoms with Crippen LogP contribution in [0.25, 0.3) is 0 Å². The van der Waals surface area contributed by atoms with E-state index in [1.54, 1.807) is 11.3 Å². The summed E-state index contributed by atoms with van der Waals surface area (Å²) in [7, 11) is 0. The van der Waals surface area contributed by atoms with Gasteiger partial charge in [-0.05, 0) is 34.2 Å². The second-order valence-electron chi connectivity index (χ2n) is 3.48. The number of rotatable bonds is 1. The molecule has 0 N–H and O–H groups in total. The first-order valence-electron chi connectivity index (χ1n) is 4.70.